The quantitative estimate of drug-likeness (QED) is 0.835. The summed E-state index contributed by atoms with van der Waals surface area (Å²) in [5, 5.41) is 2.58. The lowest BCUT2D eigenvalue weighted by Crippen LogP contribution is -2.20. The molecule has 1 aromatic carbocycles. The minimum Gasteiger partial charge on any atom is -0.354 e. The van der Waals surface area contributed by atoms with Crippen LogP contribution in [0.2, 0.25) is 0 Å². The maximum atomic E-state index is 12.4. The van der Waals surface area contributed by atoms with Crippen LogP contribution in [0.15, 0.2) is 42.5 Å². The SMILES string of the molecule is CNC(=O)c1cc(C(=O)CC2CC2)cc(Cc2ccccc2)n1. The molecule has 1 fully saturated rings. The lowest BCUT2D eigenvalue weighted by Gasteiger charge is -2.08. The van der Waals surface area contributed by atoms with E-state index < -0.39 is 0 Å². The van der Waals surface area contributed by atoms with Crippen molar-refractivity contribution in [3.05, 3.63) is 65.0 Å². The van der Waals surface area contributed by atoms with Crippen molar-refractivity contribution in [2.24, 2.45) is 5.92 Å². The Bertz CT molecular complexity index is 721. The first kappa shape index (κ1) is 15.4. The fraction of sp³-hybridized carbons (Fsp3) is 0.316. The molecule has 1 aromatic heterocycles. The van der Waals surface area contributed by atoms with Gasteiger partial charge in [-0.15, -0.1) is 0 Å². The molecule has 3 rings (SSSR count). The van der Waals surface area contributed by atoms with Crippen LogP contribution < -0.4 is 5.32 Å². The second-order valence-corrected chi connectivity index (χ2v) is 6.04. The molecule has 0 saturated heterocycles. The molecule has 0 aliphatic heterocycles. The minimum absolute atomic E-state index is 0.106. The number of Topliss-reactive ketones (excluding diaryl/α,β-unsaturated/α-hetero) is 1. The molecule has 1 heterocycles. The van der Waals surface area contributed by atoms with Gasteiger partial charge in [-0.2, -0.15) is 0 Å². The van der Waals surface area contributed by atoms with Crippen molar-refractivity contribution in [2.75, 3.05) is 7.05 Å². The van der Waals surface area contributed by atoms with E-state index in [1.807, 2.05) is 36.4 Å². The molecule has 0 bridgehead atoms. The summed E-state index contributed by atoms with van der Waals surface area (Å²) >= 11 is 0. The van der Waals surface area contributed by atoms with Gasteiger partial charge in [0.1, 0.15) is 5.69 Å². The van der Waals surface area contributed by atoms with Crippen molar-refractivity contribution < 1.29 is 9.59 Å². The third-order valence-electron chi connectivity index (χ3n) is 4.06. The number of rotatable bonds is 6. The van der Waals surface area contributed by atoms with Gasteiger partial charge in [0.15, 0.2) is 5.78 Å². The Labute approximate surface area is 135 Å². The summed E-state index contributed by atoms with van der Waals surface area (Å²) in [6.07, 6.45) is 3.45. The molecule has 0 unspecified atom stereocenters. The van der Waals surface area contributed by atoms with Crippen molar-refractivity contribution in [3.8, 4) is 0 Å². The van der Waals surface area contributed by atoms with Crippen LogP contribution in [-0.2, 0) is 6.42 Å². The number of ketones is 1. The Morgan fingerprint density at radius 1 is 1.17 bits per heavy atom. The van der Waals surface area contributed by atoms with Crippen LogP contribution in [-0.4, -0.2) is 23.7 Å². The van der Waals surface area contributed by atoms with E-state index in [-0.39, 0.29) is 11.7 Å². The minimum atomic E-state index is -0.264. The van der Waals surface area contributed by atoms with Crippen molar-refractivity contribution >= 4 is 11.7 Å². The first-order valence-electron chi connectivity index (χ1n) is 7.96. The summed E-state index contributed by atoms with van der Waals surface area (Å²) in [7, 11) is 1.57. The number of amides is 1. The Morgan fingerprint density at radius 3 is 2.57 bits per heavy atom. The van der Waals surface area contributed by atoms with E-state index >= 15 is 0 Å². The Balaban J connectivity index is 1.90. The van der Waals surface area contributed by atoms with E-state index in [0.29, 0.717) is 30.0 Å². The summed E-state index contributed by atoms with van der Waals surface area (Å²) in [5.74, 6) is 0.367. The van der Waals surface area contributed by atoms with Crippen LogP contribution in [0.1, 0.15) is 51.4 Å². The number of carbonyl (C=O) groups is 2. The van der Waals surface area contributed by atoms with Gasteiger partial charge in [0, 0.05) is 31.1 Å². The summed E-state index contributed by atoms with van der Waals surface area (Å²) in [4.78, 5) is 28.8. The molecule has 118 valence electrons. The van der Waals surface area contributed by atoms with Gasteiger partial charge in [-0.3, -0.25) is 9.59 Å². The second-order valence-electron chi connectivity index (χ2n) is 6.04. The number of hydrogen-bond acceptors (Lipinski definition) is 3. The average molecular weight is 308 g/mol. The predicted octanol–water partition coefficient (Wildman–Crippen LogP) is 3.01. The van der Waals surface area contributed by atoms with Gasteiger partial charge >= 0.3 is 0 Å². The topological polar surface area (TPSA) is 59.1 Å². The zero-order valence-electron chi connectivity index (χ0n) is 13.2. The zero-order chi connectivity index (χ0) is 16.2. The second kappa shape index (κ2) is 6.73. The van der Waals surface area contributed by atoms with Crippen molar-refractivity contribution in [1.82, 2.24) is 10.3 Å². The molecule has 1 aliphatic carbocycles. The first-order valence-corrected chi connectivity index (χ1v) is 7.96. The molecule has 0 radical (unpaired) electrons. The average Bonchev–Trinajstić information content (AvgIpc) is 3.38. The number of nitrogens with zero attached hydrogens (tertiary/aromatic N) is 1. The van der Waals surface area contributed by atoms with Crippen LogP contribution in [0.4, 0.5) is 0 Å². The number of carbonyl (C=O) groups excluding carboxylic acids is 2. The molecule has 0 spiro atoms. The van der Waals surface area contributed by atoms with E-state index in [4.69, 9.17) is 0 Å². The highest BCUT2D eigenvalue weighted by atomic mass is 16.1. The summed E-state index contributed by atoms with van der Waals surface area (Å²) in [5.41, 5.74) is 2.75. The molecule has 1 N–H and O–H groups in total. The van der Waals surface area contributed by atoms with E-state index in [1.54, 1.807) is 13.1 Å². The summed E-state index contributed by atoms with van der Waals surface area (Å²) in [6.45, 7) is 0. The maximum Gasteiger partial charge on any atom is 0.269 e. The highest BCUT2D eigenvalue weighted by Crippen LogP contribution is 2.33. The standard InChI is InChI=1S/C19H20N2O2/c1-20-19(23)17-12-15(18(22)10-14-7-8-14)11-16(21-17)9-13-5-3-2-4-6-13/h2-6,11-12,14H,7-10H2,1H3,(H,20,23). The largest absolute Gasteiger partial charge is 0.354 e. The van der Waals surface area contributed by atoms with Crippen LogP contribution >= 0.6 is 0 Å². The van der Waals surface area contributed by atoms with Crippen LogP contribution in [0.5, 0.6) is 0 Å². The van der Waals surface area contributed by atoms with Gasteiger partial charge in [-0.05, 0) is 36.5 Å². The first-order chi connectivity index (χ1) is 11.2. The third-order valence-corrected chi connectivity index (χ3v) is 4.06. The highest BCUT2D eigenvalue weighted by molar-refractivity contribution is 5.99. The molecule has 1 aliphatic rings. The van der Waals surface area contributed by atoms with E-state index in [1.165, 1.54) is 0 Å². The molecular formula is C19H20N2O2. The smallest absolute Gasteiger partial charge is 0.269 e. The van der Waals surface area contributed by atoms with Crippen molar-refractivity contribution in [3.63, 3.8) is 0 Å². The molecule has 1 saturated carbocycles. The number of aromatic nitrogens is 1. The summed E-state index contributed by atoms with van der Waals surface area (Å²) in [6, 6.07) is 13.4. The van der Waals surface area contributed by atoms with Crippen molar-refractivity contribution in [1.29, 1.82) is 0 Å². The molecule has 2 aromatic rings. The highest BCUT2D eigenvalue weighted by Gasteiger charge is 2.25. The van der Waals surface area contributed by atoms with Crippen molar-refractivity contribution in [2.45, 2.75) is 25.7 Å². The van der Waals surface area contributed by atoms with E-state index in [2.05, 4.69) is 10.3 Å². The zero-order valence-corrected chi connectivity index (χ0v) is 13.2. The fourth-order valence-electron chi connectivity index (χ4n) is 2.59. The molecule has 4 heteroatoms. The molecule has 4 nitrogen and oxygen atoms in total. The van der Waals surface area contributed by atoms with Gasteiger partial charge in [-0.25, -0.2) is 4.98 Å². The number of hydrogen-bond donors (Lipinski definition) is 1. The summed E-state index contributed by atoms with van der Waals surface area (Å²) < 4.78 is 0. The number of nitrogens with one attached hydrogen (secondary N) is 1. The van der Waals surface area contributed by atoms with Crippen LogP contribution in [0.3, 0.4) is 0 Å². The van der Waals surface area contributed by atoms with Gasteiger partial charge < -0.3 is 5.32 Å². The Kier molecular flexibility index (Phi) is 4.51. The Morgan fingerprint density at radius 2 is 1.91 bits per heavy atom. The monoisotopic (exact) mass is 308 g/mol. The fourth-order valence-corrected chi connectivity index (χ4v) is 2.59. The Hall–Kier alpha value is -2.49. The molecular weight excluding hydrogens is 288 g/mol. The molecule has 0 atom stereocenters. The van der Waals surface area contributed by atoms with Gasteiger partial charge in [0.25, 0.3) is 5.91 Å². The van der Waals surface area contributed by atoms with Gasteiger partial charge in [0.2, 0.25) is 0 Å². The lowest BCUT2D eigenvalue weighted by atomic mass is 10.0. The lowest BCUT2D eigenvalue weighted by molar-refractivity contribution is 0.0958. The number of benzene rings is 1. The normalized spacial score (nSPS) is 13.6. The molecule has 23 heavy (non-hydrogen) atoms. The molecule has 1 amide bonds. The van der Waals surface area contributed by atoms with Crippen LogP contribution in [0, 0.1) is 5.92 Å². The van der Waals surface area contributed by atoms with E-state index in [0.717, 1.165) is 24.1 Å². The van der Waals surface area contributed by atoms with Gasteiger partial charge in [0.05, 0.1) is 0 Å². The third kappa shape index (κ3) is 4.03. The van der Waals surface area contributed by atoms with E-state index in [9.17, 15) is 9.59 Å². The number of pyridine rings is 1. The predicted molar refractivity (Wildman–Crippen MR) is 88.5 cm³/mol. The van der Waals surface area contributed by atoms with Crippen LogP contribution in [0.25, 0.3) is 0 Å². The maximum absolute atomic E-state index is 12.4. The van der Waals surface area contributed by atoms with Gasteiger partial charge in [-0.1, -0.05) is 30.3 Å².